The lowest BCUT2D eigenvalue weighted by Gasteiger charge is -2.25. The summed E-state index contributed by atoms with van der Waals surface area (Å²) in [5.74, 6) is 0.386. The first-order chi connectivity index (χ1) is 18.7. The Balaban J connectivity index is 1.67. The molecule has 3 aromatic rings. The molecule has 1 aliphatic heterocycles. The van der Waals surface area contributed by atoms with Gasteiger partial charge in [0.05, 0.1) is 41.6 Å². The van der Waals surface area contributed by atoms with E-state index in [-0.39, 0.29) is 22.7 Å². The van der Waals surface area contributed by atoms with Gasteiger partial charge in [0.1, 0.15) is 10.8 Å². The van der Waals surface area contributed by atoms with Gasteiger partial charge >= 0.3 is 0 Å². The highest BCUT2D eigenvalue weighted by Gasteiger charge is 2.27. The van der Waals surface area contributed by atoms with Crippen LogP contribution in [0.4, 0.5) is 34.5 Å². The molecule has 0 saturated carbocycles. The van der Waals surface area contributed by atoms with Crippen molar-refractivity contribution < 1.29 is 14.3 Å². The van der Waals surface area contributed by atoms with Crippen molar-refractivity contribution in [3.63, 3.8) is 0 Å². The monoisotopic (exact) mass is 552 g/mol. The number of amides is 2. The number of carbonyl (C=O) groups excluding carboxylic acids is 2. The van der Waals surface area contributed by atoms with Crippen molar-refractivity contribution in [1.82, 2.24) is 14.9 Å². The third-order valence-corrected chi connectivity index (χ3v) is 6.86. The number of rotatable bonds is 10. The van der Waals surface area contributed by atoms with Crippen LogP contribution < -0.4 is 31.3 Å². The Kier molecular flexibility index (Phi) is 8.72. The molecule has 5 N–H and O–H groups in total. The lowest BCUT2D eigenvalue weighted by Crippen LogP contribution is -2.31. The third kappa shape index (κ3) is 6.50. The van der Waals surface area contributed by atoms with E-state index in [1.54, 1.807) is 31.4 Å². The fourth-order valence-corrected chi connectivity index (χ4v) is 4.53. The van der Waals surface area contributed by atoms with Gasteiger partial charge in [0.25, 0.3) is 5.91 Å². The van der Waals surface area contributed by atoms with Gasteiger partial charge in [-0.05, 0) is 38.7 Å². The van der Waals surface area contributed by atoms with Crippen LogP contribution in [0.15, 0.2) is 42.6 Å². The van der Waals surface area contributed by atoms with Crippen LogP contribution in [0.3, 0.4) is 0 Å². The Morgan fingerprint density at radius 2 is 1.95 bits per heavy atom. The number of ether oxygens (including phenoxy) is 1. The molecule has 1 unspecified atom stereocenters. The summed E-state index contributed by atoms with van der Waals surface area (Å²) < 4.78 is 5.71. The fourth-order valence-electron chi connectivity index (χ4n) is 4.39. The third-order valence-electron chi connectivity index (χ3n) is 6.58. The van der Waals surface area contributed by atoms with Crippen molar-refractivity contribution in [1.29, 1.82) is 0 Å². The molecular weight excluding hydrogens is 520 g/mol. The molecule has 0 spiro atoms. The molecule has 11 nitrogen and oxygen atoms in total. The lowest BCUT2D eigenvalue weighted by atomic mass is 10.1. The van der Waals surface area contributed by atoms with Gasteiger partial charge in [-0.1, -0.05) is 30.7 Å². The van der Waals surface area contributed by atoms with Crippen molar-refractivity contribution >= 4 is 57.9 Å². The molecule has 4 rings (SSSR count). The number of carbonyl (C=O) groups is 2. The number of primary amides is 1. The number of anilines is 6. The standard InChI is InChI=1S/C27H33ClN8O3/c1-5-24(37)31-20-12-21(23(39-4)13-22(20)36-11-10-16(15-36)35(2)3)33-27-30-14-18(28)26(34-27)32-19-9-7-6-8-17(19)25(29)38/h6-9,12-14,16H,5,10-11,15H2,1-4H3,(H2,29,38)(H,31,37)(H2,30,32,33,34). The predicted molar refractivity (Wildman–Crippen MR) is 155 cm³/mol. The SMILES string of the molecule is CCC(=O)Nc1cc(Nc2ncc(Cl)c(Nc3ccccc3C(N)=O)n2)c(OC)cc1N1CCC(N(C)C)C1. The van der Waals surface area contributed by atoms with Gasteiger partial charge in [-0.2, -0.15) is 4.98 Å². The van der Waals surface area contributed by atoms with Crippen molar-refractivity contribution in [2.24, 2.45) is 5.73 Å². The normalized spacial score (nSPS) is 14.8. The zero-order chi connectivity index (χ0) is 28.1. The van der Waals surface area contributed by atoms with Crippen LogP contribution in [0.25, 0.3) is 0 Å². The molecular formula is C27H33ClN8O3. The summed E-state index contributed by atoms with van der Waals surface area (Å²) in [5.41, 5.74) is 8.36. The number of likely N-dealkylation sites (N-methyl/N-ethyl adjacent to an activating group) is 1. The first kappa shape index (κ1) is 27.9. The van der Waals surface area contributed by atoms with E-state index in [0.29, 0.717) is 40.8 Å². The van der Waals surface area contributed by atoms with E-state index < -0.39 is 5.91 Å². The lowest BCUT2D eigenvalue weighted by molar-refractivity contribution is -0.115. The number of hydrogen-bond donors (Lipinski definition) is 4. The highest BCUT2D eigenvalue weighted by atomic mass is 35.5. The minimum Gasteiger partial charge on any atom is -0.494 e. The molecule has 0 aliphatic carbocycles. The van der Waals surface area contributed by atoms with Crippen LogP contribution in [-0.2, 0) is 4.79 Å². The highest BCUT2D eigenvalue weighted by Crippen LogP contribution is 2.40. The number of para-hydroxylation sites is 1. The van der Waals surface area contributed by atoms with Gasteiger partial charge in [-0.25, -0.2) is 4.98 Å². The number of hydrogen-bond acceptors (Lipinski definition) is 9. The van der Waals surface area contributed by atoms with E-state index in [1.165, 1.54) is 6.20 Å². The Hall–Kier alpha value is -4.09. The maximum atomic E-state index is 12.4. The summed E-state index contributed by atoms with van der Waals surface area (Å²) in [7, 11) is 5.73. The maximum Gasteiger partial charge on any atom is 0.250 e. The van der Waals surface area contributed by atoms with Gasteiger partial charge in [0, 0.05) is 31.6 Å². The summed E-state index contributed by atoms with van der Waals surface area (Å²) in [6, 6.07) is 10.9. The van der Waals surface area contributed by atoms with Crippen LogP contribution in [0.5, 0.6) is 5.75 Å². The average molecular weight is 553 g/mol. The minimum atomic E-state index is -0.581. The van der Waals surface area contributed by atoms with Crippen LogP contribution in [0.1, 0.15) is 30.1 Å². The molecule has 1 atom stereocenters. The molecule has 39 heavy (non-hydrogen) atoms. The Morgan fingerprint density at radius 3 is 2.62 bits per heavy atom. The fraction of sp³-hybridized carbons (Fsp3) is 0.333. The number of methoxy groups -OCH3 is 1. The molecule has 2 heterocycles. The quantitative estimate of drug-likeness (QED) is 0.291. The summed E-state index contributed by atoms with van der Waals surface area (Å²) >= 11 is 6.35. The molecule has 0 radical (unpaired) electrons. The van der Waals surface area contributed by atoms with Crippen molar-refractivity contribution in [3.8, 4) is 5.75 Å². The van der Waals surface area contributed by atoms with Gasteiger partial charge < -0.3 is 36.2 Å². The second kappa shape index (κ2) is 12.2. The number of aromatic nitrogens is 2. The summed E-state index contributed by atoms with van der Waals surface area (Å²) in [6.45, 7) is 3.50. The smallest absolute Gasteiger partial charge is 0.250 e. The van der Waals surface area contributed by atoms with E-state index in [2.05, 4.69) is 49.8 Å². The second-order valence-corrected chi connectivity index (χ2v) is 9.78. The zero-order valence-corrected chi connectivity index (χ0v) is 23.2. The number of benzene rings is 2. The van der Waals surface area contributed by atoms with E-state index in [9.17, 15) is 9.59 Å². The number of nitrogens with two attached hydrogens (primary N) is 1. The summed E-state index contributed by atoms with van der Waals surface area (Å²) in [4.78, 5) is 37.5. The molecule has 0 bridgehead atoms. The predicted octanol–water partition coefficient (Wildman–Crippen LogP) is 4.21. The Labute approximate surface area is 232 Å². The second-order valence-electron chi connectivity index (χ2n) is 9.37. The largest absolute Gasteiger partial charge is 0.494 e. The zero-order valence-electron chi connectivity index (χ0n) is 22.4. The first-order valence-corrected chi connectivity index (χ1v) is 13.0. The van der Waals surface area contributed by atoms with E-state index >= 15 is 0 Å². The Morgan fingerprint density at radius 1 is 1.18 bits per heavy atom. The van der Waals surface area contributed by atoms with Crippen molar-refractivity contribution in [2.45, 2.75) is 25.8 Å². The molecule has 2 amide bonds. The first-order valence-electron chi connectivity index (χ1n) is 12.6. The van der Waals surface area contributed by atoms with Crippen LogP contribution in [0, 0.1) is 0 Å². The van der Waals surface area contributed by atoms with E-state index in [0.717, 1.165) is 25.2 Å². The molecule has 1 aliphatic rings. The Bertz CT molecular complexity index is 1370. The maximum absolute atomic E-state index is 12.4. The van der Waals surface area contributed by atoms with Crippen LogP contribution in [0.2, 0.25) is 5.02 Å². The number of nitrogens with one attached hydrogen (secondary N) is 3. The number of nitrogens with zero attached hydrogens (tertiary/aromatic N) is 4. The topological polar surface area (TPSA) is 138 Å². The summed E-state index contributed by atoms with van der Waals surface area (Å²) in [6.07, 6.45) is 2.80. The summed E-state index contributed by atoms with van der Waals surface area (Å²) in [5, 5.41) is 9.51. The molecule has 1 saturated heterocycles. The molecule has 2 aromatic carbocycles. The van der Waals surface area contributed by atoms with Crippen molar-refractivity contribution in [3.05, 3.63) is 53.2 Å². The minimum absolute atomic E-state index is 0.0990. The van der Waals surface area contributed by atoms with Crippen LogP contribution in [-0.4, -0.2) is 67.0 Å². The molecule has 1 fully saturated rings. The van der Waals surface area contributed by atoms with Gasteiger partial charge in [0.15, 0.2) is 5.82 Å². The van der Waals surface area contributed by atoms with Gasteiger partial charge in [-0.3, -0.25) is 9.59 Å². The van der Waals surface area contributed by atoms with E-state index in [1.807, 2.05) is 19.1 Å². The van der Waals surface area contributed by atoms with Gasteiger partial charge in [-0.15, -0.1) is 0 Å². The number of halogens is 1. The van der Waals surface area contributed by atoms with Gasteiger partial charge in [0.2, 0.25) is 11.9 Å². The van der Waals surface area contributed by atoms with Crippen LogP contribution >= 0.6 is 11.6 Å². The molecule has 1 aromatic heterocycles. The molecule has 12 heteroatoms. The average Bonchev–Trinajstić information content (AvgIpc) is 3.41. The molecule has 206 valence electrons. The van der Waals surface area contributed by atoms with Crippen molar-refractivity contribution in [2.75, 3.05) is 55.1 Å². The van der Waals surface area contributed by atoms with E-state index in [4.69, 9.17) is 22.1 Å². The highest BCUT2D eigenvalue weighted by molar-refractivity contribution is 6.33.